The lowest BCUT2D eigenvalue weighted by Crippen LogP contribution is -2.12. The quantitative estimate of drug-likeness (QED) is 0.561. The molecule has 0 atom stereocenters. The molecule has 0 saturated heterocycles. The minimum Gasteiger partial charge on any atom is -0.491 e. The highest BCUT2D eigenvalue weighted by molar-refractivity contribution is 5.91. The van der Waals surface area contributed by atoms with E-state index in [4.69, 9.17) is 15.6 Å². The zero-order valence-corrected chi connectivity index (χ0v) is 8.25. The lowest BCUT2D eigenvalue weighted by molar-refractivity contribution is -0.384. The van der Waals surface area contributed by atoms with Crippen LogP contribution in [0.25, 0.3) is 0 Å². The van der Waals surface area contributed by atoms with E-state index in [0.717, 1.165) is 18.2 Å². The monoisotopic (exact) mass is 226 g/mol. The first kappa shape index (κ1) is 11.9. The normalized spacial score (nSPS) is 9.81. The molecule has 0 saturated carbocycles. The zero-order valence-electron chi connectivity index (χ0n) is 8.25. The van der Waals surface area contributed by atoms with Crippen molar-refractivity contribution in [2.45, 2.75) is 0 Å². The summed E-state index contributed by atoms with van der Waals surface area (Å²) in [5, 5.41) is 19.3. The number of carbonyl (C=O) groups is 1. The van der Waals surface area contributed by atoms with Crippen LogP contribution in [0.2, 0.25) is 0 Å². The summed E-state index contributed by atoms with van der Waals surface area (Å²) in [5.41, 5.74) is 4.84. The average Bonchev–Trinajstić information content (AvgIpc) is 2.25. The number of carboxylic acid groups (broad SMARTS) is 1. The minimum atomic E-state index is -1.21. The van der Waals surface area contributed by atoms with Crippen molar-refractivity contribution in [1.29, 1.82) is 0 Å². The Morgan fingerprint density at radius 2 is 2.25 bits per heavy atom. The number of non-ortho nitro benzene ring substituents is 1. The van der Waals surface area contributed by atoms with Gasteiger partial charge in [0, 0.05) is 12.6 Å². The van der Waals surface area contributed by atoms with E-state index >= 15 is 0 Å². The lowest BCUT2D eigenvalue weighted by Gasteiger charge is -2.07. The fourth-order valence-electron chi connectivity index (χ4n) is 1.09. The van der Waals surface area contributed by atoms with Gasteiger partial charge in [-0.1, -0.05) is 0 Å². The summed E-state index contributed by atoms with van der Waals surface area (Å²) in [6, 6.07) is 3.31. The molecule has 0 aromatic heterocycles. The molecule has 0 aliphatic carbocycles. The number of hydrogen-bond acceptors (Lipinski definition) is 5. The standard InChI is InChI=1S/C9H10N2O5/c10-3-4-16-8-5-6(11(14)15)1-2-7(8)9(12)13/h1-2,5H,3-4,10H2,(H,12,13). The maximum Gasteiger partial charge on any atom is 0.339 e. The van der Waals surface area contributed by atoms with Gasteiger partial charge < -0.3 is 15.6 Å². The number of rotatable bonds is 5. The number of aromatic carboxylic acids is 1. The Labute approximate surface area is 90.6 Å². The molecule has 1 rings (SSSR count). The SMILES string of the molecule is NCCOc1cc([N+](=O)[O-])ccc1C(=O)O. The van der Waals surface area contributed by atoms with Crippen LogP contribution in [0.1, 0.15) is 10.4 Å². The first-order valence-electron chi connectivity index (χ1n) is 4.41. The van der Waals surface area contributed by atoms with E-state index in [1.54, 1.807) is 0 Å². The van der Waals surface area contributed by atoms with E-state index in [9.17, 15) is 14.9 Å². The van der Waals surface area contributed by atoms with Gasteiger partial charge in [0.1, 0.15) is 17.9 Å². The van der Waals surface area contributed by atoms with Gasteiger partial charge in [-0.05, 0) is 6.07 Å². The van der Waals surface area contributed by atoms with Crippen LogP contribution in [0, 0.1) is 10.1 Å². The summed E-state index contributed by atoms with van der Waals surface area (Å²) in [6.07, 6.45) is 0. The van der Waals surface area contributed by atoms with Crippen molar-refractivity contribution in [3.8, 4) is 5.75 Å². The molecule has 1 aromatic carbocycles. The molecule has 0 amide bonds. The smallest absolute Gasteiger partial charge is 0.339 e. The summed E-state index contributed by atoms with van der Waals surface area (Å²) in [5.74, 6) is -1.26. The number of nitro groups is 1. The largest absolute Gasteiger partial charge is 0.491 e. The molecule has 0 aliphatic rings. The molecular formula is C9H10N2O5. The zero-order chi connectivity index (χ0) is 12.1. The van der Waals surface area contributed by atoms with Gasteiger partial charge in [-0.15, -0.1) is 0 Å². The molecule has 0 radical (unpaired) electrons. The van der Waals surface area contributed by atoms with Gasteiger partial charge in [-0.3, -0.25) is 10.1 Å². The summed E-state index contributed by atoms with van der Waals surface area (Å²) in [4.78, 5) is 20.6. The Kier molecular flexibility index (Phi) is 3.78. The van der Waals surface area contributed by atoms with Gasteiger partial charge in [0.2, 0.25) is 0 Å². The van der Waals surface area contributed by atoms with Crippen LogP contribution in [0.15, 0.2) is 18.2 Å². The summed E-state index contributed by atoms with van der Waals surface area (Å²) in [7, 11) is 0. The summed E-state index contributed by atoms with van der Waals surface area (Å²) in [6.45, 7) is 0.295. The molecule has 86 valence electrons. The van der Waals surface area contributed by atoms with Crippen LogP contribution < -0.4 is 10.5 Å². The summed E-state index contributed by atoms with van der Waals surface area (Å²) >= 11 is 0. The number of nitro benzene ring substituents is 1. The topological polar surface area (TPSA) is 116 Å². The Balaban J connectivity index is 3.10. The second kappa shape index (κ2) is 5.08. The van der Waals surface area contributed by atoms with Gasteiger partial charge in [-0.25, -0.2) is 4.79 Å². The van der Waals surface area contributed by atoms with Crippen molar-refractivity contribution in [1.82, 2.24) is 0 Å². The Morgan fingerprint density at radius 1 is 1.56 bits per heavy atom. The second-order valence-corrected chi connectivity index (χ2v) is 2.88. The Hall–Kier alpha value is -2.15. The van der Waals surface area contributed by atoms with E-state index in [-0.39, 0.29) is 30.2 Å². The molecule has 7 heteroatoms. The predicted molar refractivity (Wildman–Crippen MR) is 54.6 cm³/mol. The maximum absolute atomic E-state index is 10.8. The van der Waals surface area contributed by atoms with E-state index in [2.05, 4.69) is 0 Å². The molecular weight excluding hydrogens is 216 g/mol. The molecule has 0 spiro atoms. The number of nitrogens with two attached hydrogens (primary N) is 1. The first-order chi connectivity index (χ1) is 7.56. The van der Waals surface area contributed by atoms with E-state index in [1.165, 1.54) is 0 Å². The highest BCUT2D eigenvalue weighted by atomic mass is 16.6. The van der Waals surface area contributed by atoms with Crippen molar-refractivity contribution in [2.75, 3.05) is 13.2 Å². The van der Waals surface area contributed by atoms with Crippen LogP contribution in [-0.4, -0.2) is 29.2 Å². The average molecular weight is 226 g/mol. The molecule has 0 heterocycles. The molecule has 0 unspecified atom stereocenters. The summed E-state index contributed by atoms with van der Waals surface area (Å²) < 4.78 is 5.03. The molecule has 0 bridgehead atoms. The minimum absolute atomic E-state index is 0.0489. The second-order valence-electron chi connectivity index (χ2n) is 2.88. The number of ether oxygens (including phenoxy) is 1. The van der Waals surface area contributed by atoms with Gasteiger partial charge in [-0.2, -0.15) is 0 Å². The number of nitrogens with zero attached hydrogens (tertiary/aromatic N) is 1. The van der Waals surface area contributed by atoms with Gasteiger partial charge in [0.15, 0.2) is 0 Å². The Bertz CT molecular complexity index is 418. The van der Waals surface area contributed by atoms with Crippen molar-refractivity contribution >= 4 is 11.7 Å². The highest BCUT2D eigenvalue weighted by Gasteiger charge is 2.16. The van der Waals surface area contributed by atoms with Crippen molar-refractivity contribution in [3.05, 3.63) is 33.9 Å². The number of hydrogen-bond donors (Lipinski definition) is 2. The fraction of sp³-hybridized carbons (Fsp3) is 0.222. The fourth-order valence-corrected chi connectivity index (χ4v) is 1.09. The Morgan fingerprint density at radius 3 is 2.75 bits per heavy atom. The van der Waals surface area contributed by atoms with Crippen LogP contribution in [-0.2, 0) is 0 Å². The van der Waals surface area contributed by atoms with Crippen LogP contribution in [0.3, 0.4) is 0 Å². The first-order valence-corrected chi connectivity index (χ1v) is 4.41. The molecule has 1 aromatic rings. The van der Waals surface area contributed by atoms with Gasteiger partial charge in [0.05, 0.1) is 11.0 Å². The van der Waals surface area contributed by atoms with Crippen LogP contribution >= 0.6 is 0 Å². The van der Waals surface area contributed by atoms with Gasteiger partial charge in [0.25, 0.3) is 5.69 Å². The third kappa shape index (κ3) is 2.67. The van der Waals surface area contributed by atoms with E-state index in [1.807, 2.05) is 0 Å². The third-order valence-electron chi connectivity index (χ3n) is 1.78. The van der Waals surface area contributed by atoms with E-state index in [0.29, 0.717) is 0 Å². The number of carboxylic acids is 1. The molecule has 16 heavy (non-hydrogen) atoms. The maximum atomic E-state index is 10.8. The van der Waals surface area contributed by atoms with Gasteiger partial charge >= 0.3 is 5.97 Å². The molecule has 7 nitrogen and oxygen atoms in total. The van der Waals surface area contributed by atoms with Crippen LogP contribution in [0.5, 0.6) is 5.75 Å². The molecule has 0 fully saturated rings. The van der Waals surface area contributed by atoms with Crippen molar-refractivity contribution < 1.29 is 19.6 Å². The number of benzene rings is 1. The lowest BCUT2D eigenvalue weighted by atomic mass is 10.2. The molecule has 0 aliphatic heterocycles. The van der Waals surface area contributed by atoms with Crippen LogP contribution in [0.4, 0.5) is 5.69 Å². The van der Waals surface area contributed by atoms with Crippen molar-refractivity contribution in [3.63, 3.8) is 0 Å². The third-order valence-corrected chi connectivity index (χ3v) is 1.78. The van der Waals surface area contributed by atoms with E-state index < -0.39 is 10.9 Å². The molecule has 3 N–H and O–H groups in total. The van der Waals surface area contributed by atoms with Crippen molar-refractivity contribution in [2.24, 2.45) is 5.73 Å². The predicted octanol–water partition coefficient (Wildman–Crippen LogP) is 0.630. The highest BCUT2D eigenvalue weighted by Crippen LogP contribution is 2.24.